The molecule has 2 aromatic heterocycles. The fraction of sp³-hybridized carbons (Fsp3) is 0.400. The van der Waals surface area contributed by atoms with Gasteiger partial charge in [-0.3, -0.25) is 15.1 Å². The van der Waals surface area contributed by atoms with Crippen LogP contribution in [-0.4, -0.2) is 38.3 Å². The minimum atomic E-state index is -0.192. The van der Waals surface area contributed by atoms with E-state index in [0.717, 1.165) is 17.0 Å². The van der Waals surface area contributed by atoms with Crippen LogP contribution in [0.3, 0.4) is 0 Å². The smallest absolute Gasteiger partial charge is 0.240 e. The Kier molecular flexibility index (Phi) is 3.96. The van der Waals surface area contributed by atoms with E-state index in [1.165, 1.54) is 0 Å². The number of likely N-dealkylation sites (N-methyl/N-ethyl adjacent to an activating group) is 1. The monoisotopic (exact) mass is 285 g/mol. The fourth-order valence-corrected chi connectivity index (χ4v) is 2.62. The van der Waals surface area contributed by atoms with Crippen molar-refractivity contribution >= 4 is 5.91 Å². The Morgan fingerprint density at radius 2 is 2.24 bits per heavy atom. The number of hydrogen-bond donors (Lipinski definition) is 2. The van der Waals surface area contributed by atoms with E-state index in [4.69, 9.17) is 0 Å². The van der Waals surface area contributed by atoms with Crippen LogP contribution >= 0.6 is 0 Å². The molecule has 0 aromatic carbocycles. The highest BCUT2D eigenvalue weighted by Crippen LogP contribution is 2.15. The molecule has 1 aliphatic rings. The molecule has 0 saturated carbocycles. The molecule has 1 aliphatic heterocycles. The highest BCUT2D eigenvalue weighted by Gasteiger charge is 2.28. The zero-order valence-electron chi connectivity index (χ0n) is 12.0. The van der Waals surface area contributed by atoms with Gasteiger partial charge in [-0.15, -0.1) is 0 Å². The molecule has 0 radical (unpaired) electrons. The lowest BCUT2D eigenvalue weighted by molar-refractivity contribution is -0.134. The number of pyridine rings is 1. The summed E-state index contributed by atoms with van der Waals surface area (Å²) in [6, 6.07) is 3.69. The van der Waals surface area contributed by atoms with Gasteiger partial charge in [-0.25, -0.2) is 4.98 Å². The van der Waals surface area contributed by atoms with Crippen molar-refractivity contribution in [2.45, 2.75) is 32.5 Å². The van der Waals surface area contributed by atoms with Gasteiger partial charge in [0.2, 0.25) is 5.91 Å². The highest BCUT2D eigenvalue weighted by atomic mass is 16.2. The van der Waals surface area contributed by atoms with E-state index in [9.17, 15) is 4.79 Å². The van der Waals surface area contributed by atoms with Crippen molar-refractivity contribution in [1.29, 1.82) is 0 Å². The maximum Gasteiger partial charge on any atom is 0.240 e. The highest BCUT2D eigenvalue weighted by molar-refractivity contribution is 5.82. The molecular weight excluding hydrogens is 266 g/mol. The number of aromatic nitrogens is 3. The summed E-state index contributed by atoms with van der Waals surface area (Å²) in [7, 11) is 0. The molecule has 110 valence electrons. The Labute approximate surface area is 123 Å². The Morgan fingerprint density at radius 1 is 1.43 bits per heavy atom. The fourth-order valence-electron chi connectivity index (χ4n) is 2.62. The van der Waals surface area contributed by atoms with Gasteiger partial charge in [-0.05, 0) is 24.6 Å². The molecule has 3 heterocycles. The van der Waals surface area contributed by atoms with Crippen molar-refractivity contribution in [3.63, 3.8) is 0 Å². The zero-order valence-corrected chi connectivity index (χ0v) is 12.0. The number of aromatic amines is 1. The predicted molar refractivity (Wildman–Crippen MR) is 78.2 cm³/mol. The van der Waals surface area contributed by atoms with E-state index in [0.29, 0.717) is 26.1 Å². The normalized spacial score (nSPS) is 17.3. The topological polar surface area (TPSA) is 73.9 Å². The first kappa shape index (κ1) is 13.8. The number of carbonyl (C=O) groups is 1. The third kappa shape index (κ3) is 2.95. The first-order valence-corrected chi connectivity index (χ1v) is 7.20. The SMILES string of the molecule is CCN(Cc1ccncc1)C(=O)C1Cc2nc[nH]c2CN1. The van der Waals surface area contributed by atoms with Crippen LogP contribution in [0.2, 0.25) is 0 Å². The molecule has 0 spiro atoms. The van der Waals surface area contributed by atoms with E-state index in [1.54, 1.807) is 18.7 Å². The number of imidazole rings is 1. The summed E-state index contributed by atoms with van der Waals surface area (Å²) in [5.41, 5.74) is 3.17. The summed E-state index contributed by atoms with van der Waals surface area (Å²) in [5.74, 6) is 0.128. The Morgan fingerprint density at radius 3 is 3.00 bits per heavy atom. The van der Waals surface area contributed by atoms with Gasteiger partial charge in [0.15, 0.2) is 0 Å². The lowest BCUT2D eigenvalue weighted by atomic mass is 10.0. The van der Waals surface area contributed by atoms with Crippen LogP contribution in [-0.2, 0) is 24.3 Å². The summed E-state index contributed by atoms with van der Waals surface area (Å²) >= 11 is 0. The van der Waals surface area contributed by atoms with Crippen molar-refractivity contribution in [3.05, 3.63) is 47.8 Å². The van der Waals surface area contributed by atoms with Crippen LogP contribution in [0.5, 0.6) is 0 Å². The average molecular weight is 285 g/mol. The van der Waals surface area contributed by atoms with E-state index >= 15 is 0 Å². The van der Waals surface area contributed by atoms with Crippen LogP contribution < -0.4 is 5.32 Å². The lowest BCUT2D eigenvalue weighted by Gasteiger charge is -2.29. The van der Waals surface area contributed by atoms with Crippen molar-refractivity contribution < 1.29 is 4.79 Å². The second kappa shape index (κ2) is 6.05. The number of H-pyrrole nitrogens is 1. The molecule has 0 fully saturated rings. The molecule has 6 nitrogen and oxygen atoms in total. The van der Waals surface area contributed by atoms with Gasteiger partial charge in [0.1, 0.15) is 0 Å². The molecule has 1 atom stereocenters. The van der Waals surface area contributed by atoms with Gasteiger partial charge in [-0.2, -0.15) is 0 Å². The number of carbonyl (C=O) groups excluding carboxylic acids is 1. The summed E-state index contributed by atoms with van der Waals surface area (Å²) in [5, 5.41) is 3.29. The van der Waals surface area contributed by atoms with Crippen LogP contribution in [0.4, 0.5) is 0 Å². The molecule has 0 aliphatic carbocycles. The molecule has 21 heavy (non-hydrogen) atoms. The summed E-state index contributed by atoms with van der Waals surface area (Å²) < 4.78 is 0. The van der Waals surface area contributed by atoms with Crippen LogP contribution in [0.1, 0.15) is 23.9 Å². The molecule has 1 unspecified atom stereocenters. The molecule has 0 bridgehead atoms. The lowest BCUT2D eigenvalue weighted by Crippen LogP contribution is -2.49. The number of nitrogens with zero attached hydrogens (tertiary/aromatic N) is 3. The quantitative estimate of drug-likeness (QED) is 0.874. The molecule has 1 amide bonds. The minimum Gasteiger partial charge on any atom is -0.347 e. The first-order chi connectivity index (χ1) is 10.3. The average Bonchev–Trinajstić information content (AvgIpc) is 3.00. The van der Waals surface area contributed by atoms with Gasteiger partial charge in [-0.1, -0.05) is 0 Å². The van der Waals surface area contributed by atoms with E-state index in [1.807, 2.05) is 24.0 Å². The first-order valence-electron chi connectivity index (χ1n) is 7.20. The molecule has 2 N–H and O–H groups in total. The van der Waals surface area contributed by atoms with Crippen LogP contribution in [0.25, 0.3) is 0 Å². The van der Waals surface area contributed by atoms with E-state index < -0.39 is 0 Å². The number of fused-ring (bicyclic) bond motifs is 1. The number of nitrogens with one attached hydrogen (secondary N) is 2. The number of amides is 1. The van der Waals surface area contributed by atoms with Crippen molar-refractivity contribution in [2.24, 2.45) is 0 Å². The van der Waals surface area contributed by atoms with E-state index in [-0.39, 0.29) is 11.9 Å². The van der Waals surface area contributed by atoms with Gasteiger partial charge < -0.3 is 9.88 Å². The Hall–Kier alpha value is -2.21. The predicted octanol–water partition coefficient (Wildman–Crippen LogP) is 0.868. The van der Waals surface area contributed by atoms with Crippen molar-refractivity contribution in [1.82, 2.24) is 25.2 Å². The maximum absolute atomic E-state index is 12.7. The van der Waals surface area contributed by atoms with Crippen LogP contribution in [0, 0.1) is 0 Å². The third-order valence-corrected chi connectivity index (χ3v) is 3.84. The van der Waals surface area contributed by atoms with Gasteiger partial charge in [0.25, 0.3) is 0 Å². The number of hydrogen-bond acceptors (Lipinski definition) is 4. The maximum atomic E-state index is 12.7. The van der Waals surface area contributed by atoms with Gasteiger partial charge in [0, 0.05) is 38.4 Å². The van der Waals surface area contributed by atoms with Crippen molar-refractivity contribution in [3.8, 4) is 0 Å². The summed E-state index contributed by atoms with van der Waals surface area (Å²) in [6.07, 6.45) is 5.84. The zero-order chi connectivity index (χ0) is 14.7. The molecule has 6 heteroatoms. The van der Waals surface area contributed by atoms with Gasteiger partial charge >= 0.3 is 0 Å². The van der Waals surface area contributed by atoms with Crippen molar-refractivity contribution in [2.75, 3.05) is 6.54 Å². The number of rotatable bonds is 4. The van der Waals surface area contributed by atoms with Gasteiger partial charge in [0.05, 0.1) is 23.8 Å². The summed E-state index contributed by atoms with van der Waals surface area (Å²) in [4.78, 5) is 25.9. The molecule has 3 rings (SSSR count). The molecule has 0 saturated heterocycles. The van der Waals surface area contributed by atoms with Crippen LogP contribution in [0.15, 0.2) is 30.9 Å². The third-order valence-electron chi connectivity index (χ3n) is 3.84. The largest absolute Gasteiger partial charge is 0.347 e. The van der Waals surface area contributed by atoms with E-state index in [2.05, 4.69) is 20.3 Å². The second-order valence-corrected chi connectivity index (χ2v) is 5.17. The Bertz CT molecular complexity index is 610. The second-order valence-electron chi connectivity index (χ2n) is 5.17. The minimum absolute atomic E-state index is 0.128. The summed E-state index contributed by atoms with van der Waals surface area (Å²) in [6.45, 7) is 3.97. The standard InChI is InChI=1S/C15H19N5O/c1-2-20(9-11-3-5-16-6-4-11)15(21)13-7-12-14(8-17-13)19-10-18-12/h3-6,10,13,17H,2,7-9H2,1H3,(H,18,19). The molecule has 2 aromatic rings. The Balaban J connectivity index is 1.68. The molecular formula is C15H19N5O.